The molecule has 0 spiro atoms. The number of ether oxygens (including phenoxy) is 2. The fourth-order valence-corrected chi connectivity index (χ4v) is 1.48. The van der Waals surface area contributed by atoms with Crippen molar-refractivity contribution in [2.24, 2.45) is 5.92 Å². The third-order valence-corrected chi connectivity index (χ3v) is 2.60. The normalized spacial score (nSPS) is 15.3. The van der Waals surface area contributed by atoms with Gasteiger partial charge in [0.2, 0.25) is 0 Å². The number of nitrogens with two attached hydrogens (primary N) is 1. The number of hydrogen-bond acceptors (Lipinski definition) is 3. The zero-order chi connectivity index (χ0) is 10.7. The van der Waals surface area contributed by atoms with Gasteiger partial charge in [-0.3, -0.25) is 0 Å². The van der Waals surface area contributed by atoms with Gasteiger partial charge in [0, 0.05) is 5.69 Å². The first kappa shape index (κ1) is 10.6. The third-order valence-electron chi connectivity index (χ3n) is 2.30. The molecule has 3 nitrogen and oxygen atoms in total. The maximum Gasteiger partial charge on any atom is 0.189 e. The lowest BCUT2D eigenvalue weighted by molar-refractivity contribution is 0.0100. The quantitative estimate of drug-likeness (QED) is 0.478. The van der Waals surface area contributed by atoms with Crippen LogP contribution in [-0.4, -0.2) is 13.4 Å². The smallest absolute Gasteiger partial charge is 0.189 e. The molecule has 1 fully saturated rings. The van der Waals surface area contributed by atoms with Gasteiger partial charge < -0.3 is 15.2 Å². The van der Waals surface area contributed by atoms with E-state index in [1.165, 1.54) is 12.8 Å². The van der Waals surface area contributed by atoms with E-state index in [2.05, 4.69) is 0 Å². The summed E-state index contributed by atoms with van der Waals surface area (Å²) in [7, 11) is 0. The second-order valence-electron chi connectivity index (χ2n) is 3.77. The van der Waals surface area contributed by atoms with Crippen LogP contribution >= 0.6 is 11.6 Å². The zero-order valence-electron chi connectivity index (χ0n) is 8.41. The first-order valence-corrected chi connectivity index (χ1v) is 5.39. The molecule has 2 N–H and O–H groups in total. The number of hydrogen-bond donors (Lipinski definition) is 1. The molecule has 0 amide bonds. The minimum atomic E-state index is 0.250. The molecule has 1 saturated carbocycles. The SMILES string of the molecule is Nc1ccc(OCOCC2CC2)c(Cl)c1. The van der Waals surface area contributed by atoms with E-state index in [-0.39, 0.29) is 6.79 Å². The Kier molecular flexibility index (Phi) is 3.34. The zero-order valence-corrected chi connectivity index (χ0v) is 9.17. The molecule has 82 valence electrons. The standard InChI is InChI=1S/C11H14ClNO2/c12-10-5-9(13)3-4-11(10)15-7-14-6-8-1-2-8/h3-5,8H,1-2,6-7,13H2. The highest BCUT2D eigenvalue weighted by Crippen LogP contribution is 2.29. The summed E-state index contributed by atoms with van der Waals surface area (Å²) >= 11 is 5.92. The molecule has 0 radical (unpaired) electrons. The Labute approximate surface area is 94.1 Å². The highest BCUT2D eigenvalue weighted by atomic mass is 35.5. The van der Waals surface area contributed by atoms with Crippen LogP contribution in [0.1, 0.15) is 12.8 Å². The van der Waals surface area contributed by atoms with Crippen molar-refractivity contribution in [1.82, 2.24) is 0 Å². The molecule has 1 aromatic carbocycles. The second kappa shape index (κ2) is 4.73. The average molecular weight is 228 g/mol. The Balaban J connectivity index is 1.76. The lowest BCUT2D eigenvalue weighted by Gasteiger charge is -2.08. The summed E-state index contributed by atoms with van der Waals surface area (Å²) in [5, 5.41) is 0.519. The van der Waals surface area contributed by atoms with Crippen LogP contribution in [0.25, 0.3) is 0 Å². The van der Waals surface area contributed by atoms with Crippen LogP contribution in [0.2, 0.25) is 5.02 Å². The molecule has 2 rings (SSSR count). The van der Waals surface area contributed by atoms with Gasteiger partial charge in [-0.25, -0.2) is 0 Å². The fourth-order valence-electron chi connectivity index (χ4n) is 1.24. The van der Waals surface area contributed by atoms with E-state index in [4.69, 9.17) is 26.8 Å². The van der Waals surface area contributed by atoms with Crippen molar-refractivity contribution >= 4 is 17.3 Å². The monoisotopic (exact) mass is 227 g/mol. The Morgan fingerprint density at radius 1 is 1.40 bits per heavy atom. The summed E-state index contributed by atoms with van der Waals surface area (Å²) in [5.41, 5.74) is 6.19. The van der Waals surface area contributed by atoms with Crippen LogP contribution in [-0.2, 0) is 4.74 Å². The highest BCUT2D eigenvalue weighted by molar-refractivity contribution is 6.32. The van der Waals surface area contributed by atoms with E-state index in [1.807, 2.05) is 0 Å². The Morgan fingerprint density at radius 3 is 2.87 bits per heavy atom. The minimum Gasteiger partial charge on any atom is -0.466 e. The number of nitrogen functional groups attached to an aromatic ring is 1. The van der Waals surface area contributed by atoms with Gasteiger partial charge in [0.1, 0.15) is 5.75 Å². The molecular formula is C11H14ClNO2. The van der Waals surface area contributed by atoms with E-state index < -0.39 is 0 Å². The van der Waals surface area contributed by atoms with E-state index in [0.717, 1.165) is 12.5 Å². The molecular weight excluding hydrogens is 214 g/mol. The maximum atomic E-state index is 5.92. The van der Waals surface area contributed by atoms with E-state index in [0.29, 0.717) is 16.5 Å². The molecule has 1 aromatic rings. The van der Waals surface area contributed by atoms with Gasteiger partial charge in [-0.05, 0) is 37.0 Å². The molecule has 0 aliphatic heterocycles. The van der Waals surface area contributed by atoms with Gasteiger partial charge in [0.05, 0.1) is 11.6 Å². The van der Waals surface area contributed by atoms with Gasteiger partial charge in [-0.15, -0.1) is 0 Å². The third kappa shape index (κ3) is 3.29. The molecule has 0 heterocycles. The molecule has 0 aromatic heterocycles. The second-order valence-corrected chi connectivity index (χ2v) is 4.17. The number of anilines is 1. The van der Waals surface area contributed by atoms with Crippen LogP contribution in [0.4, 0.5) is 5.69 Å². The van der Waals surface area contributed by atoms with Gasteiger partial charge in [0.15, 0.2) is 6.79 Å². The van der Waals surface area contributed by atoms with Crippen LogP contribution in [0.5, 0.6) is 5.75 Å². The van der Waals surface area contributed by atoms with Gasteiger partial charge in [-0.1, -0.05) is 11.6 Å². The average Bonchev–Trinajstić information content (AvgIpc) is 2.99. The number of rotatable bonds is 5. The van der Waals surface area contributed by atoms with Gasteiger partial charge in [0.25, 0.3) is 0 Å². The summed E-state index contributed by atoms with van der Waals surface area (Å²) in [6, 6.07) is 5.16. The Bertz CT molecular complexity index is 339. The molecule has 15 heavy (non-hydrogen) atoms. The lowest BCUT2D eigenvalue weighted by Crippen LogP contribution is -2.05. The summed E-state index contributed by atoms with van der Waals surface area (Å²) < 4.78 is 10.7. The van der Waals surface area contributed by atoms with Crippen molar-refractivity contribution in [2.45, 2.75) is 12.8 Å². The number of benzene rings is 1. The summed E-state index contributed by atoms with van der Waals surface area (Å²) in [6.07, 6.45) is 2.56. The van der Waals surface area contributed by atoms with Crippen molar-refractivity contribution in [3.05, 3.63) is 23.2 Å². The van der Waals surface area contributed by atoms with Crippen LogP contribution in [0.15, 0.2) is 18.2 Å². The van der Waals surface area contributed by atoms with Gasteiger partial charge in [-0.2, -0.15) is 0 Å². The highest BCUT2D eigenvalue weighted by Gasteiger charge is 2.21. The topological polar surface area (TPSA) is 44.5 Å². The van der Waals surface area contributed by atoms with Crippen LogP contribution in [0, 0.1) is 5.92 Å². The molecule has 4 heteroatoms. The molecule has 0 atom stereocenters. The predicted octanol–water partition coefficient (Wildman–Crippen LogP) is 2.69. The Morgan fingerprint density at radius 2 is 2.20 bits per heavy atom. The summed E-state index contributed by atoms with van der Waals surface area (Å²) in [5.74, 6) is 1.36. The molecule has 0 bridgehead atoms. The molecule has 1 aliphatic carbocycles. The van der Waals surface area contributed by atoms with E-state index in [1.54, 1.807) is 18.2 Å². The van der Waals surface area contributed by atoms with Crippen molar-refractivity contribution in [3.63, 3.8) is 0 Å². The maximum absolute atomic E-state index is 5.92. The molecule has 1 aliphatic rings. The van der Waals surface area contributed by atoms with E-state index >= 15 is 0 Å². The van der Waals surface area contributed by atoms with Crippen molar-refractivity contribution < 1.29 is 9.47 Å². The molecule has 0 unspecified atom stereocenters. The van der Waals surface area contributed by atoms with Crippen molar-refractivity contribution in [1.29, 1.82) is 0 Å². The van der Waals surface area contributed by atoms with Crippen molar-refractivity contribution in [3.8, 4) is 5.75 Å². The van der Waals surface area contributed by atoms with Crippen LogP contribution < -0.4 is 10.5 Å². The Hall–Kier alpha value is -0.930. The van der Waals surface area contributed by atoms with E-state index in [9.17, 15) is 0 Å². The first-order chi connectivity index (χ1) is 7.25. The largest absolute Gasteiger partial charge is 0.466 e. The predicted molar refractivity (Wildman–Crippen MR) is 60.0 cm³/mol. The number of halogens is 1. The fraction of sp³-hybridized carbons (Fsp3) is 0.455. The van der Waals surface area contributed by atoms with Crippen molar-refractivity contribution in [2.75, 3.05) is 19.1 Å². The first-order valence-electron chi connectivity index (χ1n) is 5.01. The van der Waals surface area contributed by atoms with Gasteiger partial charge >= 0.3 is 0 Å². The lowest BCUT2D eigenvalue weighted by atomic mass is 10.3. The molecule has 0 saturated heterocycles. The minimum absolute atomic E-state index is 0.250. The summed E-state index contributed by atoms with van der Waals surface area (Å²) in [6.45, 7) is 1.03. The van der Waals surface area contributed by atoms with Crippen LogP contribution in [0.3, 0.4) is 0 Å². The summed E-state index contributed by atoms with van der Waals surface area (Å²) in [4.78, 5) is 0.